The average molecular weight is 485 g/mol. The Kier molecular flexibility index (Phi) is 7.22. The molecule has 3 heterocycles. The molecule has 0 bridgehead atoms. The quantitative estimate of drug-likeness (QED) is 0.374. The molecule has 3 aromatic rings. The van der Waals surface area contributed by atoms with Crippen molar-refractivity contribution in [3.8, 4) is 26.1 Å². The second-order valence-corrected chi connectivity index (χ2v) is 11.4. The molecule has 7 heteroatoms. The van der Waals surface area contributed by atoms with Gasteiger partial charge in [-0.05, 0) is 67.1 Å². The van der Waals surface area contributed by atoms with E-state index in [1.165, 1.54) is 26.4 Å². The monoisotopic (exact) mass is 484 g/mol. The fourth-order valence-corrected chi connectivity index (χ4v) is 6.43. The summed E-state index contributed by atoms with van der Waals surface area (Å²) in [4.78, 5) is 21.7. The van der Waals surface area contributed by atoms with Gasteiger partial charge in [0.15, 0.2) is 0 Å². The predicted octanol–water partition coefficient (Wildman–Crippen LogP) is 6.53. The number of hydrogen-bond acceptors (Lipinski definition) is 6. The maximum atomic E-state index is 11.1. The Labute approximate surface area is 204 Å². The highest BCUT2D eigenvalue weighted by Crippen LogP contribution is 2.40. The molecule has 5 nitrogen and oxygen atoms in total. The van der Waals surface area contributed by atoms with Crippen LogP contribution in [0.2, 0.25) is 0 Å². The number of carboxylic acid groups (broad SMARTS) is 1. The zero-order chi connectivity index (χ0) is 23.7. The van der Waals surface area contributed by atoms with Crippen molar-refractivity contribution in [3.63, 3.8) is 0 Å². The molecule has 0 spiro atoms. The van der Waals surface area contributed by atoms with Crippen LogP contribution in [0.1, 0.15) is 56.5 Å². The molecule has 1 aliphatic heterocycles. The van der Waals surface area contributed by atoms with E-state index < -0.39 is 5.97 Å². The molecule has 1 saturated heterocycles. The topological polar surface area (TPSA) is 62.7 Å². The lowest BCUT2D eigenvalue weighted by Crippen LogP contribution is -2.49. The second-order valence-electron chi connectivity index (χ2n) is 9.25. The van der Waals surface area contributed by atoms with Gasteiger partial charge in [0.05, 0.1) is 21.8 Å². The first kappa shape index (κ1) is 23.9. The number of aryl methyl sites for hydroxylation is 1. The summed E-state index contributed by atoms with van der Waals surface area (Å²) in [5.74, 6) is 0.428. The summed E-state index contributed by atoms with van der Waals surface area (Å²) in [6.07, 6.45) is 3.08. The Morgan fingerprint density at radius 3 is 2.61 bits per heavy atom. The molecule has 0 atom stereocenters. The van der Waals surface area contributed by atoms with Crippen molar-refractivity contribution in [3.05, 3.63) is 46.5 Å². The van der Waals surface area contributed by atoms with E-state index in [0.29, 0.717) is 19.0 Å². The lowest BCUT2D eigenvalue weighted by atomic mass is 9.99. The minimum Gasteiger partial charge on any atom is -0.491 e. The Hall–Kier alpha value is -2.22. The van der Waals surface area contributed by atoms with Crippen LogP contribution in [0.25, 0.3) is 20.3 Å². The molecule has 1 fully saturated rings. The van der Waals surface area contributed by atoms with Gasteiger partial charge in [0.1, 0.15) is 10.8 Å². The Morgan fingerprint density at radius 1 is 1.21 bits per heavy atom. The maximum Gasteiger partial charge on any atom is 0.309 e. The third-order valence-corrected chi connectivity index (χ3v) is 8.27. The Bertz CT molecular complexity index is 1130. The first-order valence-corrected chi connectivity index (χ1v) is 13.2. The molecule has 0 saturated carbocycles. The molecule has 0 aliphatic carbocycles. The summed E-state index contributed by atoms with van der Waals surface area (Å²) in [6.45, 7) is 12.8. The zero-order valence-electron chi connectivity index (χ0n) is 19.9. The van der Waals surface area contributed by atoms with E-state index in [4.69, 9.17) is 14.8 Å². The summed E-state index contributed by atoms with van der Waals surface area (Å²) in [5, 5.41) is 10.2. The van der Waals surface area contributed by atoms with E-state index in [1.807, 2.05) is 6.20 Å². The van der Waals surface area contributed by atoms with Crippen LogP contribution in [0.15, 0.2) is 30.5 Å². The number of aromatic nitrogens is 1. The molecular weight excluding hydrogens is 452 g/mol. The average Bonchev–Trinajstić information content (AvgIpc) is 3.36. The molecule has 2 aromatic heterocycles. The number of likely N-dealkylation sites (tertiary alicyclic amines) is 1. The van der Waals surface area contributed by atoms with Crippen molar-refractivity contribution in [2.45, 2.75) is 59.6 Å². The van der Waals surface area contributed by atoms with Crippen molar-refractivity contribution in [1.29, 1.82) is 0 Å². The van der Waals surface area contributed by atoms with Crippen molar-refractivity contribution < 1.29 is 14.6 Å². The maximum absolute atomic E-state index is 11.1. The van der Waals surface area contributed by atoms with Gasteiger partial charge in [-0.3, -0.25) is 9.69 Å². The highest BCUT2D eigenvalue weighted by molar-refractivity contribution is 7.23. The van der Waals surface area contributed by atoms with Crippen LogP contribution < -0.4 is 4.74 Å². The molecule has 1 N–H and O–H groups in total. The second kappa shape index (κ2) is 9.95. The van der Waals surface area contributed by atoms with Gasteiger partial charge in [-0.25, -0.2) is 4.98 Å². The first-order valence-electron chi connectivity index (χ1n) is 11.6. The summed E-state index contributed by atoms with van der Waals surface area (Å²) >= 11 is 3.52. The van der Waals surface area contributed by atoms with Crippen LogP contribution in [0, 0.1) is 5.92 Å². The molecule has 0 amide bonds. The molecule has 0 radical (unpaired) electrons. The minimum absolute atomic E-state index is 0.148. The van der Waals surface area contributed by atoms with Gasteiger partial charge in [-0.2, -0.15) is 0 Å². The molecular formula is C26H32N2O3S2. The van der Waals surface area contributed by atoms with E-state index >= 15 is 0 Å². The number of thiophene rings is 1. The highest BCUT2D eigenvalue weighted by atomic mass is 32.1. The number of hydrogen-bond donors (Lipinski definition) is 1. The first-order chi connectivity index (χ1) is 15.7. The van der Waals surface area contributed by atoms with Crippen LogP contribution in [0.3, 0.4) is 0 Å². The number of carbonyl (C=O) groups is 1. The van der Waals surface area contributed by atoms with Gasteiger partial charge in [-0.15, -0.1) is 22.7 Å². The lowest BCUT2D eigenvalue weighted by Gasteiger charge is -2.36. The standard InChI is InChI=1S/C26H32N2O3S2/c1-6-17-9-20(14-28-12-19(13-28)26(29)30)32-24(17)25-27-11-23(33-25)18-7-8-22(31-16(4)5)21(10-18)15(2)3/h7-11,15-16,19H,6,12-14H2,1-5H3,(H,29,30). The van der Waals surface area contributed by atoms with E-state index in [-0.39, 0.29) is 12.0 Å². The van der Waals surface area contributed by atoms with Gasteiger partial charge in [0.25, 0.3) is 0 Å². The van der Waals surface area contributed by atoms with Crippen LogP contribution in [-0.4, -0.2) is 40.2 Å². The molecule has 176 valence electrons. The summed E-state index contributed by atoms with van der Waals surface area (Å²) < 4.78 is 6.02. The molecule has 1 aromatic carbocycles. The number of carboxylic acids is 1. The number of aliphatic carboxylic acids is 1. The SMILES string of the molecule is CCc1cc(CN2CC(C(=O)O)C2)sc1-c1ncc(-c2ccc(OC(C)C)c(C(C)C)c2)s1. The fourth-order valence-electron chi connectivity index (χ4n) is 4.11. The number of rotatable bonds is 9. The fraction of sp³-hybridized carbons (Fsp3) is 0.462. The normalized spacial score (nSPS) is 14.8. The van der Waals surface area contributed by atoms with Crippen LogP contribution in [0.5, 0.6) is 5.75 Å². The predicted molar refractivity (Wildman–Crippen MR) is 136 cm³/mol. The molecule has 0 unspecified atom stereocenters. The minimum atomic E-state index is -0.688. The van der Waals surface area contributed by atoms with Gasteiger partial charge in [0, 0.05) is 30.7 Å². The van der Waals surface area contributed by atoms with Gasteiger partial charge in [0.2, 0.25) is 0 Å². The van der Waals surface area contributed by atoms with Gasteiger partial charge >= 0.3 is 5.97 Å². The number of thiazole rings is 1. The summed E-state index contributed by atoms with van der Waals surface area (Å²) in [7, 11) is 0. The van der Waals surface area contributed by atoms with Crippen molar-refractivity contribution >= 4 is 28.6 Å². The van der Waals surface area contributed by atoms with Gasteiger partial charge in [-0.1, -0.05) is 20.8 Å². The third-order valence-electron chi connectivity index (χ3n) is 5.91. The van der Waals surface area contributed by atoms with Crippen LogP contribution in [-0.2, 0) is 17.8 Å². The third kappa shape index (κ3) is 5.31. The van der Waals surface area contributed by atoms with Crippen molar-refractivity contribution in [1.82, 2.24) is 9.88 Å². The van der Waals surface area contributed by atoms with E-state index in [2.05, 4.69) is 63.8 Å². The van der Waals surface area contributed by atoms with E-state index in [1.54, 1.807) is 22.7 Å². The van der Waals surface area contributed by atoms with Crippen LogP contribution >= 0.6 is 22.7 Å². The van der Waals surface area contributed by atoms with Gasteiger partial charge < -0.3 is 9.84 Å². The van der Waals surface area contributed by atoms with Crippen molar-refractivity contribution in [2.75, 3.05) is 13.1 Å². The summed E-state index contributed by atoms with van der Waals surface area (Å²) in [6, 6.07) is 8.72. The van der Waals surface area contributed by atoms with Crippen molar-refractivity contribution in [2.24, 2.45) is 5.92 Å². The largest absolute Gasteiger partial charge is 0.491 e. The number of nitrogens with zero attached hydrogens (tertiary/aromatic N) is 2. The molecule has 4 rings (SSSR count). The zero-order valence-corrected chi connectivity index (χ0v) is 21.6. The highest BCUT2D eigenvalue weighted by Gasteiger charge is 2.32. The number of ether oxygens (including phenoxy) is 1. The van der Waals surface area contributed by atoms with Crippen LogP contribution in [0.4, 0.5) is 0 Å². The molecule has 1 aliphatic rings. The summed E-state index contributed by atoms with van der Waals surface area (Å²) in [5.41, 5.74) is 3.71. The number of benzene rings is 1. The molecule has 33 heavy (non-hydrogen) atoms. The van der Waals surface area contributed by atoms with E-state index in [0.717, 1.165) is 28.6 Å². The van der Waals surface area contributed by atoms with E-state index in [9.17, 15) is 4.79 Å². The Balaban J connectivity index is 1.55. The smallest absolute Gasteiger partial charge is 0.309 e. The lowest BCUT2D eigenvalue weighted by molar-refractivity contribution is -0.147. The Morgan fingerprint density at radius 2 is 1.97 bits per heavy atom.